The molecule has 1 saturated carbocycles. The van der Waals surface area contributed by atoms with Gasteiger partial charge < -0.3 is 10.5 Å². The van der Waals surface area contributed by atoms with Gasteiger partial charge in [-0.25, -0.2) is 0 Å². The van der Waals surface area contributed by atoms with Crippen molar-refractivity contribution in [2.75, 3.05) is 6.54 Å². The Bertz CT molecular complexity index is 154. The molecule has 0 aliphatic heterocycles. The average Bonchev–Trinajstić information content (AvgIpc) is 2.49. The van der Waals surface area contributed by atoms with Gasteiger partial charge in [-0.2, -0.15) is 13.2 Å². The number of alkyl halides is 3. The van der Waals surface area contributed by atoms with Gasteiger partial charge in [0.1, 0.15) is 0 Å². The van der Waals surface area contributed by atoms with Gasteiger partial charge in [-0.15, -0.1) is 0 Å². The molecule has 5 heteroatoms. The van der Waals surface area contributed by atoms with E-state index < -0.39 is 18.8 Å². The first-order chi connectivity index (χ1) is 6.04. The number of rotatable bonds is 3. The molecule has 13 heavy (non-hydrogen) atoms. The zero-order chi connectivity index (χ0) is 9.90. The smallest absolute Gasteiger partial charge is 0.364 e. The Balaban J connectivity index is 2.39. The highest BCUT2D eigenvalue weighted by atomic mass is 19.4. The van der Waals surface area contributed by atoms with E-state index >= 15 is 0 Å². The van der Waals surface area contributed by atoms with Crippen molar-refractivity contribution in [2.24, 2.45) is 5.73 Å². The maximum atomic E-state index is 12.2. The molecule has 0 aromatic carbocycles. The summed E-state index contributed by atoms with van der Waals surface area (Å²) < 4.78 is 41.4. The molecule has 78 valence electrons. The van der Waals surface area contributed by atoms with E-state index in [-0.39, 0.29) is 6.10 Å². The Morgan fingerprint density at radius 1 is 1.31 bits per heavy atom. The van der Waals surface area contributed by atoms with E-state index in [2.05, 4.69) is 0 Å². The van der Waals surface area contributed by atoms with E-state index in [1.807, 2.05) is 0 Å². The van der Waals surface area contributed by atoms with Gasteiger partial charge in [-0.3, -0.25) is 0 Å². The Kier molecular flexibility index (Phi) is 3.55. The van der Waals surface area contributed by atoms with Crippen molar-refractivity contribution in [1.29, 1.82) is 0 Å². The molecule has 0 spiro atoms. The molecular formula is C8H14F3NO. The summed E-state index contributed by atoms with van der Waals surface area (Å²) in [6.07, 6.45) is -2.97. The summed E-state index contributed by atoms with van der Waals surface area (Å²) in [5.41, 5.74) is 4.99. The fraction of sp³-hybridized carbons (Fsp3) is 1.00. The van der Waals surface area contributed by atoms with Crippen molar-refractivity contribution >= 4 is 0 Å². The molecule has 0 saturated heterocycles. The molecule has 1 atom stereocenters. The maximum Gasteiger partial charge on any atom is 0.415 e. The van der Waals surface area contributed by atoms with E-state index in [0.29, 0.717) is 0 Å². The SMILES string of the molecule is NC[C@@H](OC1CCCC1)C(F)(F)F. The molecule has 0 bridgehead atoms. The second-order valence-electron chi connectivity index (χ2n) is 3.31. The van der Waals surface area contributed by atoms with Crippen LogP contribution in [0.25, 0.3) is 0 Å². The first-order valence-corrected chi connectivity index (χ1v) is 4.46. The largest absolute Gasteiger partial charge is 0.415 e. The van der Waals surface area contributed by atoms with Crippen molar-refractivity contribution in [3.05, 3.63) is 0 Å². The van der Waals surface area contributed by atoms with Gasteiger partial charge in [-0.1, -0.05) is 12.8 Å². The summed E-state index contributed by atoms with van der Waals surface area (Å²) in [4.78, 5) is 0. The molecule has 0 heterocycles. The van der Waals surface area contributed by atoms with Gasteiger partial charge in [0.15, 0.2) is 6.10 Å². The topological polar surface area (TPSA) is 35.2 Å². The quantitative estimate of drug-likeness (QED) is 0.749. The van der Waals surface area contributed by atoms with E-state index in [0.717, 1.165) is 25.7 Å². The molecule has 1 rings (SSSR count). The number of nitrogens with two attached hydrogens (primary N) is 1. The van der Waals surface area contributed by atoms with Crippen LogP contribution >= 0.6 is 0 Å². The monoisotopic (exact) mass is 197 g/mol. The lowest BCUT2D eigenvalue weighted by atomic mass is 10.3. The highest BCUT2D eigenvalue weighted by Crippen LogP contribution is 2.28. The molecule has 1 fully saturated rings. The molecule has 0 amide bonds. The first-order valence-electron chi connectivity index (χ1n) is 4.46. The fourth-order valence-corrected chi connectivity index (χ4v) is 1.52. The number of hydrogen-bond acceptors (Lipinski definition) is 2. The highest BCUT2D eigenvalue weighted by Gasteiger charge is 2.41. The van der Waals surface area contributed by atoms with Gasteiger partial charge in [0.05, 0.1) is 6.10 Å². The maximum absolute atomic E-state index is 12.2. The third-order valence-electron chi connectivity index (χ3n) is 2.24. The predicted octanol–water partition coefficient (Wildman–Crippen LogP) is 1.84. The standard InChI is InChI=1S/C8H14F3NO/c9-8(10,11)7(5-12)13-6-3-1-2-4-6/h6-7H,1-5,12H2/t7-/m1/s1. The van der Waals surface area contributed by atoms with Crippen LogP contribution in [0.3, 0.4) is 0 Å². The lowest BCUT2D eigenvalue weighted by Crippen LogP contribution is -2.40. The van der Waals surface area contributed by atoms with E-state index in [1.54, 1.807) is 0 Å². The first kappa shape index (κ1) is 10.8. The van der Waals surface area contributed by atoms with Crippen LogP contribution in [0.1, 0.15) is 25.7 Å². The predicted molar refractivity (Wildman–Crippen MR) is 42.2 cm³/mol. The minimum Gasteiger partial charge on any atom is -0.364 e. The lowest BCUT2D eigenvalue weighted by molar-refractivity contribution is -0.228. The third-order valence-corrected chi connectivity index (χ3v) is 2.24. The number of halogens is 3. The average molecular weight is 197 g/mol. The van der Waals surface area contributed by atoms with Gasteiger partial charge in [-0.05, 0) is 12.8 Å². The minimum absolute atomic E-state index is 0.241. The van der Waals surface area contributed by atoms with Crippen LogP contribution in [0, 0.1) is 0 Å². The van der Waals surface area contributed by atoms with E-state index in [1.165, 1.54) is 0 Å². The molecule has 0 aromatic rings. The molecule has 0 radical (unpaired) electrons. The molecule has 1 aliphatic rings. The Morgan fingerprint density at radius 2 is 1.85 bits per heavy atom. The second-order valence-corrected chi connectivity index (χ2v) is 3.31. The van der Waals surface area contributed by atoms with Crippen molar-refractivity contribution < 1.29 is 17.9 Å². The highest BCUT2D eigenvalue weighted by molar-refractivity contribution is 4.74. The number of ether oxygens (including phenoxy) is 1. The summed E-state index contributed by atoms with van der Waals surface area (Å²) in [5.74, 6) is 0. The molecule has 0 aromatic heterocycles. The summed E-state index contributed by atoms with van der Waals surface area (Å²) in [7, 11) is 0. The fourth-order valence-electron chi connectivity index (χ4n) is 1.52. The molecular weight excluding hydrogens is 183 g/mol. The summed E-state index contributed by atoms with van der Waals surface area (Å²) >= 11 is 0. The lowest BCUT2D eigenvalue weighted by Gasteiger charge is -2.22. The van der Waals surface area contributed by atoms with Crippen LogP contribution in [0.15, 0.2) is 0 Å². The van der Waals surface area contributed by atoms with Crippen LogP contribution in [-0.4, -0.2) is 24.9 Å². The molecule has 1 aliphatic carbocycles. The summed E-state index contributed by atoms with van der Waals surface area (Å²) in [5, 5.41) is 0. The molecule has 2 N–H and O–H groups in total. The minimum atomic E-state index is -4.32. The Labute approximate surface area is 75.2 Å². The van der Waals surface area contributed by atoms with Crippen molar-refractivity contribution in [1.82, 2.24) is 0 Å². The summed E-state index contributed by atoms with van der Waals surface area (Å²) in [6.45, 7) is -0.486. The molecule has 0 unspecified atom stereocenters. The second kappa shape index (κ2) is 4.28. The van der Waals surface area contributed by atoms with Crippen LogP contribution in [-0.2, 0) is 4.74 Å². The number of hydrogen-bond donors (Lipinski definition) is 1. The van der Waals surface area contributed by atoms with E-state index in [9.17, 15) is 13.2 Å². The van der Waals surface area contributed by atoms with Gasteiger partial charge in [0, 0.05) is 6.54 Å². The van der Waals surface area contributed by atoms with Gasteiger partial charge in [0.2, 0.25) is 0 Å². The third kappa shape index (κ3) is 3.15. The van der Waals surface area contributed by atoms with E-state index in [4.69, 9.17) is 10.5 Å². The zero-order valence-electron chi connectivity index (χ0n) is 7.31. The summed E-state index contributed by atoms with van der Waals surface area (Å²) in [6, 6.07) is 0. The van der Waals surface area contributed by atoms with Crippen molar-refractivity contribution in [2.45, 2.75) is 44.1 Å². The van der Waals surface area contributed by atoms with Crippen molar-refractivity contribution in [3.8, 4) is 0 Å². The van der Waals surface area contributed by atoms with Crippen LogP contribution in [0.2, 0.25) is 0 Å². The van der Waals surface area contributed by atoms with Crippen molar-refractivity contribution in [3.63, 3.8) is 0 Å². The van der Waals surface area contributed by atoms with Crippen LogP contribution in [0.5, 0.6) is 0 Å². The van der Waals surface area contributed by atoms with Gasteiger partial charge in [0.25, 0.3) is 0 Å². The Hall–Kier alpha value is -0.290. The zero-order valence-corrected chi connectivity index (χ0v) is 7.31. The van der Waals surface area contributed by atoms with Gasteiger partial charge >= 0.3 is 6.18 Å². The normalized spacial score (nSPS) is 22.2. The Morgan fingerprint density at radius 3 is 2.23 bits per heavy atom. The van der Waals surface area contributed by atoms with Crippen LogP contribution < -0.4 is 5.73 Å². The van der Waals surface area contributed by atoms with Crippen LogP contribution in [0.4, 0.5) is 13.2 Å². The molecule has 2 nitrogen and oxygen atoms in total.